The zero-order valence-corrected chi connectivity index (χ0v) is 10.8. The summed E-state index contributed by atoms with van der Waals surface area (Å²) >= 11 is 0. The number of ether oxygens (including phenoxy) is 1. The number of aromatic nitrogens is 5. The van der Waals surface area contributed by atoms with Gasteiger partial charge in [-0.05, 0) is 6.07 Å². The van der Waals surface area contributed by atoms with Gasteiger partial charge in [-0.3, -0.25) is 0 Å². The van der Waals surface area contributed by atoms with Gasteiger partial charge in [0.05, 0.1) is 19.3 Å². The van der Waals surface area contributed by atoms with Crippen LogP contribution in [0.15, 0.2) is 18.5 Å². The standard InChI is InChI=1S/C11H15N7O2/c12-9-14-10(17-4-5-20-8(6-17)7-19)16-11(15-9)18-3-1-2-13-18/h1-3,8,19H,4-7H2,(H2,12,14,15,16). The predicted molar refractivity (Wildman–Crippen MR) is 70.4 cm³/mol. The van der Waals surface area contributed by atoms with E-state index in [1.165, 1.54) is 4.68 Å². The van der Waals surface area contributed by atoms with Gasteiger partial charge in [0.2, 0.25) is 11.9 Å². The first kappa shape index (κ1) is 12.8. The van der Waals surface area contributed by atoms with Crippen LogP contribution in [-0.2, 0) is 4.74 Å². The molecular weight excluding hydrogens is 262 g/mol. The zero-order chi connectivity index (χ0) is 13.9. The lowest BCUT2D eigenvalue weighted by Gasteiger charge is -2.32. The topological polar surface area (TPSA) is 115 Å². The van der Waals surface area contributed by atoms with Crippen molar-refractivity contribution in [2.45, 2.75) is 6.10 Å². The van der Waals surface area contributed by atoms with Gasteiger partial charge >= 0.3 is 0 Å². The molecule has 1 saturated heterocycles. The molecule has 0 radical (unpaired) electrons. The van der Waals surface area contributed by atoms with Crippen molar-refractivity contribution in [1.29, 1.82) is 0 Å². The molecule has 0 aromatic carbocycles. The molecule has 0 aliphatic carbocycles. The van der Waals surface area contributed by atoms with Crippen LogP contribution in [0.2, 0.25) is 0 Å². The molecule has 2 aromatic heterocycles. The highest BCUT2D eigenvalue weighted by molar-refractivity contribution is 5.38. The fourth-order valence-electron chi connectivity index (χ4n) is 2.01. The Hall–Kier alpha value is -2.26. The molecule has 0 spiro atoms. The number of hydrogen-bond acceptors (Lipinski definition) is 8. The Morgan fingerprint density at radius 2 is 2.20 bits per heavy atom. The molecular formula is C11H15N7O2. The van der Waals surface area contributed by atoms with Crippen LogP contribution < -0.4 is 10.6 Å². The van der Waals surface area contributed by atoms with Gasteiger partial charge in [-0.1, -0.05) is 0 Å². The molecule has 1 unspecified atom stereocenters. The maximum Gasteiger partial charge on any atom is 0.257 e. The normalized spacial score (nSPS) is 19.2. The van der Waals surface area contributed by atoms with E-state index in [4.69, 9.17) is 10.5 Å². The summed E-state index contributed by atoms with van der Waals surface area (Å²) in [5, 5.41) is 13.2. The minimum atomic E-state index is -0.241. The second-order valence-corrected chi connectivity index (χ2v) is 4.37. The Morgan fingerprint density at radius 3 is 2.95 bits per heavy atom. The Kier molecular flexibility index (Phi) is 3.44. The van der Waals surface area contributed by atoms with Crippen LogP contribution in [0, 0.1) is 0 Å². The lowest BCUT2D eigenvalue weighted by atomic mass is 10.3. The number of morpholine rings is 1. The number of nitrogen functional groups attached to an aromatic ring is 1. The number of nitrogens with zero attached hydrogens (tertiary/aromatic N) is 6. The minimum Gasteiger partial charge on any atom is -0.394 e. The zero-order valence-electron chi connectivity index (χ0n) is 10.8. The van der Waals surface area contributed by atoms with Crippen LogP contribution in [0.5, 0.6) is 0 Å². The van der Waals surface area contributed by atoms with Gasteiger partial charge in [-0.15, -0.1) is 0 Å². The van der Waals surface area contributed by atoms with Crippen LogP contribution in [-0.4, -0.2) is 62.2 Å². The SMILES string of the molecule is Nc1nc(N2CCOC(CO)C2)nc(-n2cccn2)n1. The maximum absolute atomic E-state index is 9.17. The van der Waals surface area contributed by atoms with Crippen LogP contribution in [0.4, 0.5) is 11.9 Å². The van der Waals surface area contributed by atoms with Gasteiger partial charge in [0.1, 0.15) is 0 Å². The lowest BCUT2D eigenvalue weighted by Crippen LogP contribution is -2.45. The molecule has 0 saturated carbocycles. The van der Waals surface area contributed by atoms with Crippen molar-refractivity contribution in [3.63, 3.8) is 0 Å². The average Bonchev–Trinajstić information content (AvgIpc) is 3.01. The van der Waals surface area contributed by atoms with Gasteiger partial charge < -0.3 is 20.5 Å². The molecule has 9 nitrogen and oxygen atoms in total. The van der Waals surface area contributed by atoms with Crippen LogP contribution in [0.25, 0.3) is 5.95 Å². The number of hydrogen-bond donors (Lipinski definition) is 2. The van der Waals surface area contributed by atoms with Crippen molar-refractivity contribution >= 4 is 11.9 Å². The van der Waals surface area contributed by atoms with Gasteiger partial charge in [0.15, 0.2) is 0 Å². The molecule has 1 fully saturated rings. The molecule has 1 atom stereocenters. The van der Waals surface area contributed by atoms with Crippen molar-refractivity contribution in [3.05, 3.63) is 18.5 Å². The summed E-state index contributed by atoms with van der Waals surface area (Å²) in [7, 11) is 0. The largest absolute Gasteiger partial charge is 0.394 e. The first-order valence-corrected chi connectivity index (χ1v) is 6.25. The molecule has 1 aliphatic heterocycles. The molecule has 106 valence electrons. The highest BCUT2D eigenvalue weighted by Gasteiger charge is 2.22. The van der Waals surface area contributed by atoms with Crippen molar-refractivity contribution in [1.82, 2.24) is 24.7 Å². The first-order chi connectivity index (χ1) is 9.76. The summed E-state index contributed by atoms with van der Waals surface area (Å²) < 4.78 is 6.92. The summed E-state index contributed by atoms with van der Waals surface area (Å²) in [6, 6.07) is 1.77. The van der Waals surface area contributed by atoms with E-state index in [0.717, 1.165) is 0 Å². The molecule has 20 heavy (non-hydrogen) atoms. The first-order valence-electron chi connectivity index (χ1n) is 6.25. The second-order valence-electron chi connectivity index (χ2n) is 4.37. The number of rotatable bonds is 3. The van der Waals surface area contributed by atoms with Gasteiger partial charge in [-0.2, -0.15) is 20.1 Å². The quantitative estimate of drug-likeness (QED) is 0.721. The van der Waals surface area contributed by atoms with Crippen LogP contribution in [0.3, 0.4) is 0 Å². The van der Waals surface area contributed by atoms with E-state index in [1.807, 2.05) is 4.90 Å². The Labute approximate surface area is 115 Å². The molecule has 3 rings (SSSR count). The van der Waals surface area contributed by atoms with Crippen molar-refractivity contribution < 1.29 is 9.84 Å². The van der Waals surface area contributed by atoms with E-state index in [0.29, 0.717) is 31.6 Å². The van der Waals surface area contributed by atoms with E-state index >= 15 is 0 Å². The summed E-state index contributed by atoms with van der Waals surface area (Å²) in [5.74, 6) is 0.960. The Bertz CT molecular complexity index is 574. The molecule has 1 aliphatic rings. The van der Waals surface area contributed by atoms with E-state index in [2.05, 4.69) is 20.1 Å². The van der Waals surface area contributed by atoms with Crippen LogP contribution in [0.1, 0.15) is 0 Å². The summed E-state index contributed by atoms with van der Waals surface area (Å²) in [6.45, 7) is 1.62. The third kappa shape index (κ3) is 2.53. The molecule has 0 amide bonds. The van der Waals surface area contributed by atoms with Gasteiger partial charge in [0, 0.05) is 25.5 Å². The van der Waals surface area contributed by atoms with Gasteiger partial charge in [0.25, 0.3) is 5.95 Å². The predicted octanol–water partition coefficient (Wildman–Crippen LogP) is -1.16. The summed E-state index contributed by atoms with van der Waals surface area (Å²) in [4.78, 5) is 14.5. The fraction of sp³-hybridized carbons (Fsp3) is 0.455. The summed E-state index contributed by atoms with van der Waals surface area (Å²) in [5.41, 5.74) is 5.73. The fourth-order valence-corrected chi connectivity index (χ4v) is 2.01. The van der Waals surface area contributed by atoms with Crippen molar-refractivity contribution in [2.75, 3.05) is 36.9 Å². The molecule has 0 bridgehead atoms. The van der Waals surface area contributed by atoms with Crippen LogP contribution >= 0.6 is 0 Å². The minimum absolute atomic E-state index is 0.0386. The van der Waals surface area contributed by atoms with Gasteiger partial charge in [-0.25, -0.2) is 4.68 Å². The van der Waals surface area contributed by atoms with E-state index in [1.54, 1.807) is 18.5 Å². The average molecular weight is 277 g/mol. The second kappa shape index (κ2) is 5.39. The molecule has 3 heterocycles. The smallest absolute Gasteiger partial charge is 0.257 e. The summed E-state index contributed by atoms with van der Waals surface area (Å²) in [6.07, 6.45) is 3.12. The number of anilines is 2. The molecule has 9 heteroatoms. The highest BCUT2D eigenvalue weighted by atomic mass is 16.5. The number of nitrogens with two attached hydrogens (primary N) is 1. The highest BCUT2D eigenvalue weighted by Crippen LogP contribution is 2.15. The third-order valence-electron chi connectivity index (χ3n) is 2.96. The van der Waals surface area contributed by atoms with Crippen molar-refractivity contribution in [2.24, 2.45) is 0 Å². The molecule has 3 N–H and O–H groups in total. The number of aliphatic hydroxyl groups is 1. The monoisotopic (exact) mass is 277 g/mol. The van der Waals surface area contributed by atoms with E-state index in [-0.39, 0.29) is 18.7 Å². The Morgan fingerprint density at radius 1 is 1.35 bits per heavy atom. The molecule has 2 aromatic rings. The number of aliphatic hydroxyl groups excluding tert-OH is 1. The van der Waals surface area contributed by atoms with E-state index in [9.17, 15) is 5.11 Å². The maximum atomic E-state index is 9.17. The third-order valence-corrected chi connectivity index (χ3v) is 2.96. The van der Waals surface area contributed by atoms with E-state index < -0.39 is 0 Å². The lowest BCUT2D eigenvalue weighted by molar-refractivity contribution is 0.00313. The van der Waals surface area contributed by atoms with Crippen molar-refractivity contribution in [3.8, 4) is 5.95 Å². The Balaban J connectivity index is 1.89.